The molecule has 2 amide bonds. The zero-order valence-electron chi connectivity index (χ0n) is 10.1. The molecule has 0 aromatic heterocycles. The Kier molecular flexibility index (Phi) is 3.78. The second-order valence-corrected chi connectivity index (χ2v) is 3.86. The SMILES string of the molecule is Nc1ccccc1C(=O)NNC(=O)c1ccccc1. The molecule has 0 aliphatic rings. The maximum atomic E-state index is 11.8. The number of para-hydroxylation sites is 1. The Hall–Kier alpha value is -2.82. The van der Waals surface area contributed by atoms with E-state index < -0.39 is 5.91 Å². The molecule has 0 saturated heterocycles. The monoisotopic (exact) mass is 255 g/mol. The van der Waals surface area contributed by atoms with Crippen LogP contribution in [0.25, 0.3) is 0 Å². The highest BCUT2D eigenvalue weighted by Gasteiger charge is 2.10. The Balaban J connectivity index is 1.98. The van der Waals surface area contributed by atoms with Gasteiger partial charge in [0, 0.05) is 11.3 Å². The van der Waals surface area contributed by atoms with Gasteiger partial charge in [-0.3, -0.25) is 20.4 Å². The molecule has 5 nitrogen and oxygen atoms in total. The zero-order valence-corrected chi connectivity index (χ0v) is 10.1. The Bertz CT molecular complexity index is 597. The molecule has 19 heavy (non-hydrogen) atoms. The Labute approximate surface area is 110 Å². The largest absolute Gasteiger partial charge is 0.398 e. The molecule has 5 heteroatoms. The van der Waals surface area contributed by atoms with Crippen LogP contribution in [0, 0.1) is 0 Å². The highest BCUT2D eigenvalue weighted by molar-refractivity contribution is 6.01. The van der Waals surface area contributed by atoms with Crippen LogP contribution in [-0.4, -0.2) is 11.8 Å². The van der Waals surface area contributed by atoms with E-state index in [0.29, 0.717) is 16.8 Å². The summed E-state index contributed by atoms with van der Waals surface area (Å²) in [6.07, 6.45) is 0. The van der Waals surface area contributed by atoms with Gasteiger partial charge in [0.2, 0.25) is 0 Å². The number of nitrogens with two attached hydrogens (primary N) is 1. The van der Waals surface area contributed by atoms with Crippen LogP contribution in [0.4, 0.5) is 5.69 Å². The number of amides is 2. The Morgan fingerprint density at radius 1 is 0.789 bits per heavy atom. The summed E-state index contributed by atoms with van der Waals surface area (Å²) in [4.78, 5) is 23.5. The lowest BCUT2D eigenvalue weighted by Gasteiger charge is -2.08. The van der Waals surface area contributed by atoms with Crippen molar-refractivity contribution in [2.24, 2.45) is 0 Å². The standard InChI is InChI=1S/C14H13N3O2/c15-12-9-5-4-8-11(12)14(19)17-16-13(18)10-6-2-1-3-7-10/h1-9H,15H2,(H,16,18)(H,17,19). The molecule has 96 valence electrons. The molecule has 0 heterocycles. The molecule has 0 aliphatic carbocycles. The second kappa shape index (κ2) is 5.68. The molecule has 0 bridgehead atoms. The van der Waals surface area contributed by atoms with E-state index in [2.05, 4.69) is 10.9 Å². The summed E-state index contributed by atoms with van der Waals surface area (Å²) in [5.74, 6) is -0.842. The average molecular weight is 255 g/mol. The van der Waals surface area contributed by atoms with E-state index in [1.165, 1.54) is 0 Å². The first-order valence-corrected chi connectivity index (χ1v) is 5.68. The minimum atomic E-state index is -0.456. The third kappa shape index (κ3) is 3.10. The van der Waals surface area contributed by atoms with Crippen molar-refractivity contribution in [3.63, 3.8) is 0 Å². The lowest BCUT2D eigenvalue weighted by molar-refractivity contribution is 0.0847. The first-order valence-electron chi connectivity index (χ1n) is 5.68. The fraction of sp³-hybridized carbons (Fsp3) is 0. The van der Waals surface area contributed by atoms with Crippen LogP contribution in [0.2, 0.25) is 0 Å². The molecule has 0 aliphatic heterocycles. The third-order valence-corrected chi connectivity index (χ3v) is 2.53. The van der Waals surface area contributed by atoms with Crippen molar-refractivity contribution >= 4 is 17.5 Å². The number of carbonyl (C=O) groups excluding carboxylic acids is 2. The van der Waals surface area contributed by atoms with Crippen molar-refractivity contribution in [3.8, 4) is 0 Å². The van der Waals surface area contributed by atoms with Crippen molar-refractivity contribution in [1.29, 1.82) is 0 Å². The van der Waals surface area contributed by atoms with Crippen molar-refractivity contribution in [2.45, 2.75) is 0 Å². The van der Waals surface area contributed by atoms with E-state index in [1.807, 2.05) is 0 Å². The van der Waals surface area contributed by atoms with Crippen LogP contribution in [0.5, 0.6) is 0 Å². The first kappa shape index (κ1) is 12.6. The normalized spacial score (nSPS) is 9.68. The first-order chi connectivity index (χ1) is 9.18. The molecule has 0 fully saturated rings. The van der Waals surface area contributed by atoms with Gasteiger partial charge in [0.25, 0.3) is 11.8 Å². The van der Waals surface area contributed by atoms with E-state index >= 15 is 0 Å². The van der Waals surface area contributed by atoms with Crippen LogP contribution in [0.15, 0.2) is 54.6 Å². The van der Waals surface area contributed by atoms with Gasteiger partial charge in [-0.1, -0.05) is 30.3 Å². The van der Waals surface area contributed by atoms with Crippen molar-refractivity contribution < 1.29 is 9.59 Å². The minimum absolute atomic E-state index is 0.316. The predicted molar refractivity (Wildman–Crippen MR) is 72.2 cm³/mol. The van der Waals surface area contributed by atoms with E-state index in [9.17, 15) is 9.59 Å². The van der Waals surface area contributed by atoms with Gasteiger partial charge in [-0.25, -0.2) is 0 Å². The van der Waals surface area contributed by atoms with Gasteiger partial charge < -0.3 is 5.73 Å². The zero-order chi connectivity index (χ0) is 13.7. The maximum Gasteiger partial charge on any atom is 0.271 e. The van der Waals surface area contributed by atoms with Crippen LogP contribution < -0.4 is 16.6 Å². The third-order valence-electron chi connectivity index (χ3n) is 2.53. The lowest BCUT2D eigenvalue weighted by atomic mass is 10.2. The number of nitrogens with one attached hydrogen (secondary N) is 2. The van der Waals surface area contributed by atoms with Gasteiger partial charge in [-0.05, 0) is 24.3 Å². The molecule has 0 radical (unpaired) electrons. The van der Waals surface area contributed by atoms with Gasteiger partial charge in [0.05, 0.1) is 5.56 Å². The average Bonchev–Trinajstić information content (AvgIpc) is 2.46. The topological polar surface area (TPSA) is 84.2 Å². The molecule has 2 aromatic carbocycles. The van der Waals surface area contributed by atoms with Crippen LogP contribution >= 0.6 is 0 Å². The van der Waals surface area contributed by atoms with E-state index in [-0.39, 0.29) is 5.91 Å². The van der Waals surface area contributed by atoms with Gasteiger partial charge >= 0.3 is 0 Å². The molecule has 0 saturated carbocycles. The molecular formula is C14H13N3O2. The van der Waals surface area contributed by atoms with Gasteiger partial charge in [0.1, 0.15) is 0 Å². The number of carbonyl (C=O) groups is 2. The Morgan fingerprint density at radius 3 is 2.05 bits per heavy atom. The smallest absolute Gasteiger partial charge is 0.271 e. The molecule has 4 N–H and O–H groups in total. The maximum absolute atomic E-state index is 11.8. The van der Waals surface area contributed by atoms with Gasteiger partial charge in [-0.15, -0.1) is 0 Å². The van der Waals surface area contributed by atoms with Crippen LogP contribution in [0.1, 0.15) is 20.7 Å². The number of hydrogen-bond donors (Lipinski definition) is 3. The van der Waals surface area contributed by atoms with Crippen molar-refractivity contribution in [1.82, 2.24) is 10.9 Å². The van der Waals surface area contributed by atoms with Crippen molar-refractivity contribution in [2.75, 3.05) is 5.73 Å². The summed E-state index contributed by atoms with van der Waals surface area (Å²) in [5.41, 5.74) is 11.4. The number of hydrogen-bond acceptors (Lipinski definition) is 3. The van der Waals surface area contributed by atoms with Crippen molar-refractivity contribution in [3.05, 3.63) is 65.7 Å². The van der Waals surface area contributed by atoms with E-state index in [4.69, 9.17) is 5.73 Å². The molecule has 2 aromatic rings. The number of hydrazine groups is 1. The summed E-state index contributed by atoms with van der Waals surface area (Å²) >= 11 is 0. The summed E-state index contributed by atoms with van der Waals surface area (Å²) in [7, 11) is 0. The number of benzene rings is 2. The minimum Gasteiger partial charge on any atom is -0.398 e. The second-order valence-electron chi connectivity index (χ2n) is 3.86. The summed E-state index contributed by atoms with van der Waals surface area (Å²) < 4.78 is 0. The fourth-order valence-corrected chi connectivity index (χ4v) is 1.55. The number of anilines is 1. The summed E-state index contributed by atoms with van der Waals surface area (Å²) in [5, 5.41) is 0. The highest BCUT2D eigenvalue weighted by Crippen LogP contribution is 2.09. The molecule has 0 spiro atoms. The molecule has 2 rings (SSSR count). The summed E-state index contributed by atoms with van der Waals surface area (Å²) in [6.45, 7) is 0. The molecular weight excluding hydrogens is 242 g/mol. The quantitative estimate of drug-likeness (QED) is 0.559. The van der Waals surface area contributed by atoms with E-state index in [1.54, 1.807) is 54.6 Å². The Morgan fingerprint density at radius 2 is 1.37 bits per heavy atom. The van der Waals surface area contributed by atoms with Gasteiger partial charge in [-0.2, -0.15) is 0 Å². The van der Waals surface area contributed by atoms with E-state index in [0.717, 1.165) is 0 Å². The number of nitrogen functional groups attached to an aromatic ring is 1. The molecule has 0 atom stereocenters. The molecule has 0 unspecified atom stereocenters. The van der Waals surface area contributed by atoms with Crippen LogP contribution in [0.3, 0.4) is 0 Å². The van der Waals surface area contributed by atoms with Gasteiger partial charge in [0.15, 0.2) is 0 Å². The lowest BCUT2D eigenvalue weighted by Crippen LogP contribution is -2.41. The fourth-order valence-electron chi connectivity index (χ4n) is 1.55. The predicted octanol–water partition coefficient (Wildman–Crippen LogP) is 1.34. The highest BCUT2D eigenvalue weighted by atomic mass is 16.2. The number of rotatable bonds is 2. The summed E-state index contributed by atoms with van der Waals surface area (Å²) in [6, 6.07) is 15.2. The van der Waals surface area contributed by atoms with Crippen LogP contribution in [-0.2, 0) is 0 Å².